The standard InChI is InChI=1S/C24H21Cl2NO/c1-2-17-13-21(25)8-7-19(17)16-28-24-10-9-22(26)14-20(24)15-27-12-11-18-5-3-4-6-23(18)27/h3-14H,2,15-16H2,1H3. The Morgan fingerprint density at radius 1 is 0.821 bits per heavy atom. The van der Waals surface area contributed by atoms with Gasteiger partial charge in [-0.15, -0.1) is 0 Å². The third-order valence-electron chi connectivity index (χ3n) is 4.98. The highest BCUT2D eigenvalue weighted by atomic mass is 35.5. The molecule has 0 aliphatic heterocycles. The van der Waals surface area contributed by atoms with E-state index in [1.807, 2.05) is 36.4 Å². The van der Waals surface area contributed by atoms with Gasteiger partial charge in [0.2, 0.25) is 0 Å². The molecular weight excluding hydrogens is 389 g/mol. The lowest BCUT2D eigenvalue weighted by Crippen LogP contribution is -2.04. The molecule has 1 heterocycles. The van der Waals surface area contributed by atoms with Crippen LogP contribution in [0.2, 0.25) is 10.0 Å². The number of aromatic nitrogens is 1. The minimum atomic E-state index is 0.501. The van der Waals surface area contributed by atoms with Crippen LogP contribution in [0.4, 0.5) is 0 Å². The van der Waals surface area contributed by atoms with Gasteiger partial charge in [-0.05, 0) is 65.4 Å². The van der Waals surface area contributed by atoms with Crippen LogP contribution < -0.4 is 4.74 Å². The highest BCUT2D eigenvalue weighted by Crippen LogP contribution is 2.27. The van der Waals surface area contributed by atoms with Crippen molar-refractivity contribution < 1.29 is 4.74 Å². The predicted molar refractivity (Wildman–Crippen MR) is 118 cm³/mol. The van der Waals surface area contributed by atoms with E-state index in [1.54, 1.807) is 0 Å². The summed E-state index contributed by atoms with van der Waals surface area (Å²) in [5.41, 5.74) is 4.61. The Kier molecular flexibility index (Phi) is 5.61. The molecule has 0 unspecified atom stereocenters. The normalized spacial score (nSPS) is 11.1. The second-order valence-electron chi connectivity index (χ2n) is 6.81. The molecule has 0 N–H and O–H groups in total. The number of rotatable bonds is 6. The first-order valence-electron chi connectivity index (χ1n) is 9.36. The van der Waals surface area contributed by atoms with Crippen molar-refractivity contribution in [3.05, 3.63) is 99.7 Å². The van der Waals surface area contributed by atoms with Crippen molar-refractivity contribution in [1.29, 1.82) is 0 Å². The maximum Gasteiger partial charge on any atom is 0.124 e. The van der Waals surface area contributed by atoms with Gasteiger partial charge in [-0.25, -0.2) is 0 Å². The van der Waals surface area contributed by atoms with Crippen molar-refractivity contribution in [3.63, 3.8) is 0 Å². The first-order valence-corrected chi connectivity index (χ1v) is 10.1. The molecule has 4 aromatic rings. The van der Waals surface area contributed by atoms with E-state index in [1.165, 1.54) is 16.5 Å². The molecule has 2 nitrogen and oxygen atoms in total. The second-order valence-corrected chi connectivity index (χ2v) is 7.68. The largest absolute Gasteiger partial charge is 0.489 e. The molecule has 0 aliphatic rings. The van der Waals surface area contributed by atoms with Crippen LogP contribution in [0.3, 0.4) is 0 Å². The summed E-state index contributed by atoms with van der Waals surface area (Å²) < 4.78 is 8.42. The van der Waals surface area contributed by atoms with E-state index in [4.69, 9.17) is 27.9 Å². The Balaban J connectivity index is 1.60. The maximum absolute atomic E-state index is 6.28. The Morgan fingerprint density at radius 2 is 1.57 bits per heavy atom. The topological polar surface area (TPSA) is 14.2 Å². The first kappa shape index (κ1) is 18.9. The summed E-state index contributed by atoms with van der Waals surface area (Å²) in [6.07, 6.45) is 3.02. The number of aryl methyl sites for hydroxylation is 1. The van der Waals surface area contributed by atoms with Crippen LogP contribution in [0.5, 0.6) is 5.75 Å². The summed E-state index contributed by atoms with van der Waals surface area (Å²) in [6, 6.07) is 22.2. The van der Waals surface area contributed by atoms with Gasteiger partial charge >= 0.3 is 0 Å². The van der Waals surface area contributed by atoms with Crippen molar-refractivity contribution in [2.24, 2.45) is 0 Å². The van der Waals surface area contributed by atoms with Gasteiger partial charge in [-0.3, -0.25) is 0 Å². The third-order valence-corrected chi connectivity index (χ3v) is 5.45. The fourth-order valence-corrected chi connectivity index (χ4v) is 3.88. The van der Waals surface area contributed by atoms with Gasteiger partial charge < -0.3 is 9.30 Å². The van der Waals surface area contributed by atoms with Crippen LogP contribution in [-0.2, 0) is 19.6 Å². The maximum atomic E-state index is 6.28. The van der Waals surface area contributed by atoms with Crippen LogP contribution in [0, 0.1) is 0 Å². The second kappa shape index (κ2) is 8.30. The van der Waals surface area contributed by atoms with E-state index >= 15 is 0 Å². The Labute approximate surface area is 175 Å². The fourth-order valence-electron chi connectivity index (χ4n) is 3.49. The van der Waals surface area contributed by atoms with Gasteiger partial charge in [0, 0.05) is 27.3 Å². The quantitative estimate of drug-likeness (QED) is 0.330. The first-order chi connectivity index (χ1) is 13.6. The summed E-state index contributed by atoms with van der Waals surface area (Å²) in [6.45, 7) is 3.33. The van der Waals surface area contributed by atoms with Gasteiger partial charge in [0.1, 0.15) is 12.4 Å². The van der Waals surface area contributed by atoms with Crippen molar-refractivity contribution in [3.8, 4) is 5.75 Å². The lowest BCUT2D eigenvalue weighted by Gasteiger charge is -2.15. The molecule has 0 atom stereocenters. The number of fused-ring (bicyclic) bond motifs is 1. The molecule has 142 valence electrons. The Morgan fingerprint density at radius 3 is 2.39 bits per heavy atom. The summed E-state index contributed by atoms with van der Waals surface area (Å²) in [4.78, 5) is 0. The molecule has 0 saturated carbocycles. The Hall–Kier alpha value is -2.42. The summed E-state index contributed by atoms with van der Waals surface area (Å²) >= 11 is 12.4. The zero-order valence-electron chi connectivity index (χ0n) is 15.7. The van der Waals surface area contributed by atoms with Crippen LogP contribution in [-0.4, -0.2) is 4.57 Å². The molecule has 0 aliphatic carbocycles. The number of hydrogen-bond donors (Lipinski definition) is 0. The number of benzene rings is 3. The summed E-state index contributed by atoms with van der Waals surface area (Å²) in [5.74, 6) is 0.846. The van der Waals surface area contributed by atoms with E-state index in [-0.39, 0.29) is 0 Å². The minimum Gasteiger partial charge on any atom is -0.489 e. The monoisotopic (exact) mass is 409 g/mol. The molecule has 0 bridgehead atoms. The molecule has 4 heteroatoms. The van der Waals surface area contributed by atoms with Crippen LogP contribution >= 0.6 is 23.2 Å². The van der Waals surface area contributed by atoms with E-state index in [2.05, 4.69) is 48.0 Å². The van der Waals surface area contributed by atoms with Crippen molar-refractivity contribution in [2.75, 3.05) is 0 Å². The summed E-state index contributed by atoms with van der Waals surface area (Å²) in [5, 5.41) is 2.69. The predicted octanol–water partition coefficient (Wildman–Crippen LogP) is 7.14. The SMILES string of the molecule is CCc1cc(Cl)ccc1COc1ccc(Cl)cc1Cn1ccc2ccccc21. The molecule has 0 fully saturated rings. The highest BCUT2D eigenvalue weighted by Gasteiger charge is 2.10. The van der Waals surface area contributed by atoms with Gasteiger partial charge in [0.05, 0.1) is 6.54 Å². The van der Waals surface area contributed by atoms with Gasteiger partial charge in [-0.2, -0.15) is 0 Å². The number of nitrogens with zero attached hydrogens (tertiary/aromatic N) is 1. The minimum absolute atomic E-state index is 0.501. The average Bonchev–Trinajstić information content (AvgIpc) is 3.11. The zero-order valence-corrected chi connectivity index (χ0v) is 17.2. The van der Waals surface area contributed by atoms with Crippen molar-refractivity contribution in [2.45, 2.75) is 26.5 Å². The summed E-state index contributed by atoms with van der Waals surface area (Å²) in [7, 11) is 0. The van der Waals surface area contributed by atoms with Crippen LogP contribution in [0.15, 0.2) is 72.9 Å². The molecule has 0 amide bonds. The van der Waals surface area contributed by atoms with Gasteiger partial charge in [0.25, 0.3) is 0 Å². The van der Waals surface area contributed by atoms with Crippen molar-refractivity contribution >= 4 is 34.1 Å². The van der Waals surface area contributed by atoms with E-state index in [9.17, 15) is 0 Å². The molecule has 0 radical (unpaired) electrons. The highest BCUT2D eigenvalue weighted by molar-refractivity contribution is 6.31. The Bertz CT molecular complexity index is 1120. The van der Waals surface area contributed by atoms with E-state index in [0.717, 1.165) is 28.3 Å². The number of ether oxygens (including phenoxy) is 1. The van der Waals surface area contributed by atoms with E-state index < -0.39 is 0 Å². The molecule has 3 aromatic carbocycles. The third kappa shape index (κ3) is 4.04. The van der Waals surface area contributed by atoms with Crippen LogP contribution in [0.1, 0.15) is 23.6 Å². The molecule has 0 saturated heterocycles. The van der Waals surface area contributed by atoms with Gasteiger partial charge in [0.15, 0.2) is 0 Å². The van der Waals surface area contributed by atoms with Crippen molar-refractivity contribution in [1.82, 2.24) is 4.57 Å². The molecule has 4 rings (SSSR count). The number of para-hydroxylation sites is 1. The van der Waals surface area contributed by atoms with Crippen LogP contribution in [0.25, 0.3) is 10.9 Å². The lowest BCUT2D eigenvalue weighted by molar-refractivity contribution is 0.301. The van der Waals surface area contributed by atoms with Gasteiger partial charge in [-0.1, -0.05) is 54.4 Å². The molecule has 28 heavy (non-hydrogen) atoms. The molecule has 0 spiro atoms. The smallest absolute Gasteiger partial charge is 0.124 e. The number of halogens is 2. The zero-order chi connectivity index (χ0) is 19.5. The molecular formula is C24H21Cl2NO. The lowest BCUT2D eigenvalue weighted by atomic mass is 10.1. The number of hydrogen-bond acceptors (Lipinski definition) is 1. The molecule has 1 aromatic heterocycles. The van der Waals surface area contributed by atoms with E-state index in [0.29, 0.717) is 18.2 Å². The fraction of sp³-hybridized carbons (Fsp3) is 0.167. The average molecular weight is 410 g/mol.